The Kier molecular flexibility index (Phi) is 7.97. The van der Waals surface area contributed by atoms with Gasteiger partial charge in [-0.25, -0.2) is 13.8 Å². The summed E-state index contributed by atoms with van der Waals surface area (Å²) in [7, 11) is -1.24. The Labute approximate surface area is 187 Å². The molecule has 32 heavy (non-hydrogen) atoms. The maximum atomic E-state index is 13.0. The number of halogens is 4. The summed E-state index contributed by atoms with van der Waals surface area (Å²) in [6.45, 7) is -0.844. The number of hydrogen-bond acceptors (Lipinski definition) is 6. The van der Waals surface area contributed by atoms with Crippen molar-refractivity contribution in [3.8, 4) is 11.5 Å². The Balaban J connectivity index is 2.21. The lowest BCUT2D eigenvalue weighted by Crippen LogP contribution is -2.39. The number of alkyl halides is 3. The van der Waals surface area contributed by atoms with Crippen molar-refractivity contribution in [3.63, 3.8) is 0 Å². The molecule has 0 fully saturated rings. The van der Waals surface area contributed by atoms with E-state index in [-0.39, 0.29) is 5.02 Å². The van der Waals surface area contributed by atoms with Crippen LogP contribution in [0.4, 0.5) is 18.9 Å². The molecule has 13 heteroatoms. The van der Waals surface area contributed by atoms with Crippen LogP contribution in [0.1, 0.15) is 11.1 Å². The zero-order valence-corrected chi connectivity index (χ0v) is 18.7. The first-order valence-electron chi connectivity index (χ1n) is 8.75. The Morgan fingerprint density at radius 3 is 2.38 bits per heavy atom. The van der Waals surface area contributed by atoms with E-state index < -0.39 is 39.9 Å². The molecule has 8 nitrogen and oxygen atoms in total. The van der Waals surface area contributed by atoms with Gasteiger partial charge >= 0.3 is 6.18 Å². The average molecular weight is 494 g/mol. The molecule has 0 aliphatic rings. The van der Waals surface area contributed by atoms with E-state index in [0.717, 1.165) is 12.3 Å². The van der Waals surface area contributed by atoms with Crippen molar-refractivity contribution in [1.82, 2.24) is 5.43 Å². The Morgan fingerprint density at radius 1 is 1.16 bits per heavy atom. The lowest BCUT2D eigenvalue weighted by Gasteiger charge is -2.23. The van der Waals surface area contributed by atoms with Crippen LogP contribution < -0.4 is 19.2 Å². The second kappa shape index (κ2) is 10.1. The molecule has 2 rings (SSSR count). The first kappa shape index (κ1) is 25.3. The summed E-state index contributed by atoms with van der Waals surface area (Å²) in [6, 6.07) is 7.00. The van der Waals surface area contributed by atoms with Gasteiger partial charge < -0.3 is 9.47 Å². The number of ether oxygens (including phenoxy) is 2. The van der Waals surface area contributed by atoms with Crippen molar-refractivity contribution in [2.45, 2.75) is 6.18 Å². The van der Waals surface area contributed by atoms with Gasteiger partial charge in [-0.1, -0.05) is 11.6 Å². The van der Waals surface area contributed by atoms with Gasteiger partial charge in [-0.15, -0.1) is 0 Å². The van der Waals surface area contributed by atoms with Crippen molar-refractivity contribution < 1.29 is 35.9 Å². The monoisotopic (exact) mass is 493 g/mol. The molecule has 2 aromatic rings. The lowest BCUT2D eigenvalue weighted by molar-refractivity contribution is -0.137. The van der Waals surface area contributed by atoms with Crippen molar-refractivity contribution in [2.75, 3.05) is 31.3 Å². The SMILES string of the molecule is COc1ccc(/C=N/NC(=O)CN(c2cc(C(F)(F)F)ccc2Cl)S(C)(=O)=O)cc1OC. The summed E-state index contributed by atoms with van der Waals surface area (Å²) in [4.78, 5) is 12.2. The maximum absolute atomic E-state index is 13.0. The second-order valence-electron chi connectivity index (χ2n) is 6.34. The van der Waals surface area contributed by atoms with E-state index >= 15 is 0 Å². The van der Waals surface area contributed by atoms with E-state index in [1.54, 1.807) is 18.2 Å². The summed E-state index contributed by atoms with van der Waals surface area (Å²) in [6.07, 6.45) is -2.72. The van der Waals surface area contributed by atoms with Crippen LogP contribution in [0.5, 0.6) is 11.5 Å². The third kappa shape index (κ3) is 6.50. The Bertz CT molecular complexity index is 1120. The van der Waals surface area contributed by atoms with E-state index in [0.29, 0.717) is 33.5 Å². The molecule has 0 saturated carbocycles. The van der Waals surface area contributed by atoms with Crippen LogP contribution in [0.15, 0.2) is 41.5 Å². The quantitative estimate of drug-likeness (QED) is 0.449. The molecule has 0 atom stereocenters. The van der Waals surface area contributed by atoms with Crippen LogP contribution in [0, 0.1) is 0 Å². The molecule has 174 valence electrons. The normalized spacial score (nSPS) is 12.0. The molecule has 0 radical (unpaired) electrons. The van der Waals surface area contributed by atoms with Gasteiger partial charge in [-0.3, -0.25) is 9.10 Å². The zero-order valence-electron chi connectivity index (χ0n) is 17.1. The van der Waals surface area contributed by atoms with Crippen LogP contribution >= 0.6 is 11.6 Å². The summed E-state index contributed by atoms with van der Waals surface area (Å²) in [5, 5.41) is 3.45. The van der Waals surface area contributed by atoms with Gasteiger partial charge in [0.15, 0.2) is 11.5 Å². The Hall–Kier alpha value is -2.99. The molecular formula is C19H19ClF3N3O5S. The minimum Gasteiger partial charge on any atom is -0.493 e. The van der Waals surface area contributed by atoms with E-state index in [4.69, 9.17) is 21.1 Å². The third-order valence-electron chi connectivity index (χ3n) is 4.04. The van der Waals surface area contributed by atoms with Gasteiger partial charge in [-0.05, 0) is 42.0 Å². The molecule has 0 aromatic heterocycles. The fourth-order valence-electron chi connectivity index (χ4n) is 2.54. The van der Waals surface area contributed by atoms with Crippen LogP contribution in [0.2, 0.25) is 5.02 Å². The van der Waals surface area contributed by atoms with Crippen LogP contribution in [-0.4, -0.2) is 47.6 Å². The molecular weight excluding hydrogens is 475 g/mol. The number of nitrogens with one attached hydrogen (secondary N) is 1. The van der Waals surface area contributed by atoms with Gasteiger partial charge in [0.25, 0.3) is 5.91 Å². The summed E-state index contributed by atoms with van der Waals surface area (Å²) < 4.78 is 74.1. The van der Waals surface area contributed by atoms with Gasteiger partial charge in [0.1, 0.15) is 6.54 Å². The third-order valence-corrected chi connectivity index (χ3v) is 5.49. The minimum atomic E-state index is -4.73. The van der Waals surface area contributed by atoms with E-state index in [2.05, 4.69) is 10.5 Å². The number of nitrogens with zero attached hydrogens (tertiary/aromatic N) is 2. The molecule has 1 N–H and O–H groups in total. The molecule has 2 aromatic carbocycles. The number of amides is 1. The number of anilines is 1. The predicted molar refractivity (Wildman–Crippen MR) is 114 cm³/mol. The first-order valence-corrected chi connectivity index (χ1v) is 11.0. The standard InChI is InChI=1S/C19H19ClF3N3O5S/c1-30-16-7-4-12(8-17(16)31-2)10-24-25-18(27)11-26(32(3,28)29)15-9-13(19(21,22)23)5-6-14(15)20/h4-10H,11H2,1-3H3,(H,25,27)/b24-10+. The maximum Gasteiger partial charge on any atom is 0.416 e. The lowest BCUT2D eigenvalue weighted by atomic mass is 10.2. The number of methoxy groups -OCH3 is 2. The predicted octanol–water partition coefficient (Wildman–Crippen LogP) is 3.29. The molecule has 0 aliphatic carbocycles. The minimum absolute atomic E-state index is 0.273. The largest absolute Gasteiger partial charge is 0.493 e. The second-order valence-corrected chi connectivity index (χ2v) is 8.66. The number of carbonyl (C=O) groups excluding carboxylic acids is 1. The molecule has 0 bridgehead atoms. The van der Waals surface area contributed by atoms with E-state index in [1.807, 2.05) is 0 Å². The van der Waals surface area contributed by atoms with Gasteiger partial charge in [-0.2, -0.15) is 18.3 Å². The van der Waals surface area contributed by atoms with E-state index in [9.17, 15) is 26.4 Å². The molecule has 0 saturated heterocycles. The summed E-state index contributed by atoms with van der Waals surface area (Å²) in [5.74, 6) is 0.00120. The number of rotatable bonds is 8. The topological polar surface area (TPSA) is 97.3 Å². The highest BCUT2D eigenvalue weighted by molar-refractivity contribution is 7.92. The van der Waals surface area contributed by atoms with Crippen molar-refractivity contribution in [1.29, 1.82) is 0 Å². The number of hydrogen-bond donors (Lipinski definition) is 1. The van der Waals surface area contributed by atoms with Crippen molar-refractivity contribution in [2.24, 2.45) is 5.10 Å². The molecule has 0 heterocycles. The molecule has 0 unspecified atom stereocenters. The fourth-order valence-corrected chi connectivity index (χ4v) is 3.67. The Morgan fingerprint density at radius 2 is 1.81 bits per heavy atom. The number of hydrazone groups is 1. The van der Waals surface area contributed by atoms with Crippen LogP contribution in [0.3, 0.4) is 0 Å². The van der Waals surface area contributed by atoms with E-state index in [1.165, 1.54) is 20.4 Å². The fraction of sp³-hybridized carbons (Fsp3) is 0.263. The highest BCUT2D eigenvalue weighted by atomic mass is 35.5. The number of carbonyl (C=O) groups is 1. The number of benzene rings is 2. The molecule has 0 spiro atoms. The molecule has 0 aliphatic heterocycles. The average Bonchev–Trinajstić information content (AvgIpc) is 2.70. The zero-order chi connectivity index (χ0) is 24.1. The summed E-state index contributed by atoms with van der Waals surface area (Å²) >= 11 is 5.91. The van der Waals surface area contributed by atoms with Crippen LogP contribution in [0.25, 0.3) is 0 Å². The first-order chi connectivity index (χ1) is 14.9. The van der Waals surface area contributed by atoms with Crippen molar-refractivity contribution >= 4 is 39.4 Å². The van der Waals surface area contributed by atoms with Crippen LogP contribution in [-0.2, 0) is 21.0 Å². The highest BCUT2D eigenvalue weighted by Crippen LogP contribution is 2.36. The number of sulfonamides is 1. The summed E-state index contributed by atoms with van der Waals surface area (Å²) in [5.41, 5.74) is 1.06. The van der Waals surface area contributed by atoms with Crippen molar-refractivity contribution in [3.05, 3.63) is 52.5 Å². The highest BCUT2D eigenvalue weighted by Gasteiger charge is 2.33. The smallest absolute Gasteiger partial charge is 0.416 e. The van der Waals surface area contributed by atoms with Gasteiger partial charge in [0.05, 0.1) is 43.0 Å². The van der Waals surface area contributed by atoms with Gasteiger partial charge in [0.2, 0.25) is 10.0 Å². The van der Waals surface area contributed by atoms with Gasteiger partial charge in [0, 0.05) is 0 Å². The molecule has 1 amide bonds.